The van der Waals surface area contributed by atoms with E-state index in [0.717, 1.165) is 24.7 Å². The number of rotatable bonds is 8. The van der Waals surface area contributed by atoms with Gasteiger partial charge in [0.1, 0.15) is 29.1 Å². The minimum Gasteiger partial charge on any atom is -0.480 e. The van der Waals surface area contributed by atoms with E-state index in [1.807, 2.05) is 13.8 Å². The van der Waals surface area contributed by atoms with Gasteiger partial charge in [-0.25, -0.2) is 29.7 Å². The molecule has 4 saturated carbocycles. The molecule has 4 aliphatic rings. The van der Waals surface area contributed by atoms with Crippen molar-refractivity contribution in [3.05, 3.63) is 41.5 Å². The Morgan fingerprint density at radius 3 is 2.31 bits per heavy atom. The highest BCUT2D eigenvalue weighted by Crippen LogP contribution is 2.55. The fourth-order valence-electron chi connectivity index (χ4n) is 6.55. The minimum atomic E-state index is -4.50. The van der Waals surface area contributed by atoms with Gasteiger partial charge in [-0.15, -0.1) is 0 Å². The van der Waals surface area contributed by atoms with Gasteiger partial charge in [0.15, 0.2) is 11.5 Å². The lowest BCUT2D eigenvalue weighted by molar-refractivity contribution is -0.141. The first-order valence-electron chi connectivity index (χ1n) is 14.3. The molecule has 2 bridgehead atoms. The average molecular weight is 586 g/mol. The summed E-state index contributed by atoms with van der Waals surface area (Å²) in [6.07, 6.45) is 5.62. The zero-order valence-electron chi connectivity index (χ0n) is 24.1. The Labute approximate surface area is 241 Å². The van der Waals surface area contributed by atoms with E-state index in [1.165, 1.54) is 26.7 Å². The molecule has 0 atom stereocenters. The van der Waals surface area contributed by atoms with Crippen LogP contribution in [0, 0.1) is 0 Å². The zero-order valence-corrected chi connectivity index (χ0v) is 24.1. The van der Waals surface area contributed by atoms with Crippen LogP contribution in [0.15, 0.2) is 18.7 Å². The van der Waals surface area contributed by atoms with Crippen molar-refractivity contribution in [2.75, 3.05) is 19.5 Å². The molecular formula is C29H34F3N7O3. The number of hydrogen-bond donors (Lipinski definition) is 1. The van der Waals surface area contributed by atoms with Gasteiger partial charge in [-0.3, -0.25) is 0 Å². The number of carbonyl (C=O) groups is 1. The van der Waals surface area contributed by atoms with Crippen LogP contribution in [0.25, 0.3) is 11.4 Å². The number of carbonyl (C=O) groups excluding carboxylic acids is 1. The smallest absolute Gasteiger partial charge is 0.434 e. The topological polar surface area (TPSA) is 117 Å². The first-order chi connectivity index (χ1) is 20.0. The van der Waals surface area contributed by atoms with Crippen LogP contribution < -0.4 is 10.1 Å². The van der Waals surface area contributed by atoms with Crippen LogP contribution in [-0.2, 0) is 16.3 Å². The van der Waals surface area contributed by atoms with Crippen molar-refractivity contribution in [1.82, 2.24) is 29.5 Å². The SMILES string of the molecule is COC(=O)c1cnc(-c2c(OC)ncnc2C2CC2)nc1NC12CCC(c3nc(C(F)(F)F)cn3C(C)C)(CC1)CC2. The van der Waals surface area contributed by atoms with E-state index in [9.17, 15) is 18.0 Å². The minimum absolute atomic E-state index is 0.147. The van der Waals surface area contributed by atoms with Gasteiger partial charge in [0.2, 0.25) is 5.88 Å². The van der Waals surface area contributed by atoms with Gasteiger partial charge in [-0.05, 0) is 65.2 Å². The van der Waals surface area contributed by atoms with Crippen molar-refractivity contribution < 1.29 is 27.4 Å². The Kier molecular flexibility index (Phi) is 6.88. The molecular weight excluding hydrogens is 551 g/mol. The number of esters is 1. The van der Waals surface area contributed by atoms with Crippen LogP contribution in [0.3, 0.4) is 0 Å². The van der Waals surface area contributed by atoms with Crippen LogP contribution in [0.5, 0.6) is 5.88 Å². The Bertz CT molecular complexity index is 1490. The van der Waals surface area contributed by atoms with E-state index < -0.39 is 28.8 Å². The zero-order chi connectivity index (χ0) is 29.9. The molecule has 3 aromatic rings. The van der Waals surface area contributed by atoms with Crippen LogP contribution >= 0.6 is 0 Å². The van der Waals surface area contributed by atoms with Crippen molar-refractivity contribution in [2.24, 2.45) is 0 Å². The number of nitrogens with one attached hydrogen (secondary N) is 1. The van der Waals surface area contributed by atoms with E-state index in [1.54, 1.807) is 4.57 Å². The maximum absolute atomic E-state index is 13.6. The number of anilines is 1. The van der Waals surface area contributed by atoms with E-state index in [-0.39, 0.29) is 17.5 Å². The standard InChI is InChI=1S/C29H34F3N7O3/c1-16(2)39-14-19(29(30,31)32)36-26(39)27-7-10-28(11-8-27,12-9-27)38-22-18(25(40)42-4)13-33-23(37-22)20-21(17-5-6-17)34-15-35-24(20)41-3/h13-17H,5-12H2,1-4H3,(H,33,37,38). The molecule has 13 heteroatoms. The number of ether oxygens (including phenoxy) is 2. The lowest BCUT2D eigenvalue weighted by Crippen LogP contribution is -2.53. The molecule has 10 nitrogen and oxygen atoms in total. The highest BCUT2D eigenvalue weighted by atomic mass is 19.4. The second kappa shape index (κ2) is 10.2. The average Bonchev–Trinajstić information content (AvgIpc) is 3.72. The molecule has 0 radical (unpaired) electrons. The fraction of sp³-hybridized carbons (Fsp3) is 0.586. The van der Waals surface area contributed by atoms with Gasteiger partial charge in [-0.2, -0.15) is 13.2 Å². The summed E-state index contributed by atoms with van der Waals surface area (Å²) in [5.74, 6) is 1.27. The molecule has 3 aromatic heterocycles. The maximum Gasteiger partial charge on any atom is 0.434 e. The molecule has 224 valence electrons. The van der Waals surface area contributed by atoms with Gasteiger partial charge >= 0.3 is 12.1 Å². The normalized spacial score (nSPS) is 23.7. The Morgan fingerprint density at radius 1 is 1.05 bits per heavy atom. The van der Waals surface area contributed by atoms with Crippen molar-refractivity contribution in [3.63, 3.8) is 0 Å². The summed E-state index contributed by atoms with van der Waals surface area (Å²) >= 11 is 0. The number of alkyl halides is 3. The number of halogens is 3. The molecule has 7 rings (SSSR count). The van der Waals surface area contributed by atoms with E-state index in [4.69, 9.17) is 14.5 Å². The lowest BCUT2D eigenvalue weighted by Gasteiger charge is -2.53. The molecule has 0 aromatic carbocycles. The molecule has 4 fully saturated rings. The van der Waals surface area contributed by atoms with Crippen LogP contribution in [0.1, 0.15) is 105 Å². The van der Waals surface area contributed by atoms with Crippen LogP contribution in [0.2, 0.25) is 0 Å². The third-order valence-electron chi connectivity index (χ3n) is 9.10. The highest BCUT2D eigenvalue weighted by Gasteiger charge is 2.53. The van der Waals surface area contributed by atoms with Gasteiger partial charge in [0.05, 0.1) is 19.9 Å². The Balaban J connectivity index is 1.33. The number of methoxy groups -OCH3 is 2. The molecule has 0 aliphatic heterocycles. The molecule has 0 unspecified atom stereocenters. The third kappa shape index (κ3) is 4.86. The largest absolute Gasteiger partial charge is 0.480 e. The summed E-state index contributed by atoms with van der Waals surface area (Å²) < 4.78 is 53.1. The van der Waals surface area contributed by atoms with E-state index >= 15 is 0 Å². The second-order valence-corrected chi connectivity index (χ2v) is 12.0. The molecule has 0 spiro atoms. The van der Waals surface area contributed by atoms with Crippen molar-refractivity contribution >= 4 is 11.8 Å². The van der Waals surface area contributed by atoms with Crippen molar-refractivity contribution in [3.8, 4) is 17.3 Å². The first kappa shape index (κ1) is 28.4. The number of hydrogen-bond acceptors (Lipinski definition) is 9. The van der Waals surface area contributed by atoms with Crippen LogP contribution in [-0.4, -0.2) is 55.2 Å². The highest BCUT2D eigenvalue weighted by molar-refractivity contribution is 5.94. The maximum atomic E-state index is 13.6. The van der Waals surface area contributed by atoms with Crippen molar-refractivity contribution in [2.45, 2.75) is 94.3 Å². The lowest BCUT2D eigenvalue weighted by atomic mass is 9.56. The Hall–Kier alpha value is -3.77. The predicted octanol–water partition coefficient (Wildman–Crippen LogP) is 5.86. The van der Waals surface area contributed by atoms with Gasteiger partial charge < -0.3 is 19.4 Å². The summed E-state index contributed by atoms with van der Waals surface area (Å²) in [5, 5.41) is 3.57. The second-order valence-electron chi connectivity index (χ2n) is 12.0. The van der Waals surface area contributed by atoms with E-state index in [2.05, 4.69) is 25.3 Å². The monoisotopic (exact) mass is 585 g/mol. The molecule has 42 heavy (non-hydrogen) atoms. The number of fused-ring (bicyclic) bond motifs is 3. The molecule has 4 aliphatic carbocycles. The summed E-state index contributed by atoms with van der Waals surface area (Å²) in [6, 6.07) is -0.147. The summed E-state index contributed by atoms with van der Waals surface area (Å²) in [4.78, 5) is 35.0. The van der Waals surface area contributed by atoms with Crippen LogP contribution in [0.4, 0.5) is 19.0 Å². The van der Waals surface area contributed by atoms with Gasteiger partial charge in [0.25, 0.3) is 0 Å². The van der Waals surface area contributed by atoms with Gasteiger partial charge in [0, 0.05) is 35.3 Å². The molecule has 0 saturated heterocycles. The summed E-state index contributed by atoms with van der Waals surface area (Å²) in [6.45, 7) is 3.75. The Morgan fingerprint density at radius 2 is 1.74 bits per heavy atom. The predicted molar refractivity (Wildman–Crippen MR) is 146 cm³/mol. The number of imidazole rings is 1. The van der Waals surface area contributed by atoms with E-state index in [0.29, 0.717) is 67.4 Å². The van der Waals surface area contributed by atoms with Crippen molar-refractivity contribution in [1.29, 1.82) is 0 Å². The summed E-state index contributed by atoms with van der Waals surface area (Å²) in [5.41, 5.74) is -0.0557. The number of nitrogens with zero attached hydrogens (tertiary/aromatic N) is 6. The molecule has 1 N–H and O–H groups in total. The summed E-state index contributed by atoms with van der Waals surface area (Å²) in [7, 11) is 2.83. The molecule has 0 amide bonds. The quantitative estimate of drug-likeness (QED) is 0.325. The number of aromatic nitrogens is 6. The fourth-order valence-corrected chi connectivity index (χ4v) is 6.55. The first-order valence-corrected chi connectivity index (χ1v) is 14.3. The van der Waals surface area contributed by atoms with Gasteiger partial charge in [-0.1, -0.05) is 0 Å². The molecule has 3 heterocycles. The third-order valence-corrected chi connectivity index (χ3v) is 9.10.